The summed E-state index contributed by atoms with van der Waals surface area (Å²) in [6.07, 6.45) is 3.85. The first kappa shape index (κ1) is 25.4. The number of piperidine rings is 1. The highest BCUT2D eigenvalue weighted by Crippen LogP contribution is 2.26. The van der Waals surface area contributed by atoms with Gasteiger partial charge in [0.05, 0.1) is 6.10 Å². The lowest BCUT2D eigenvalue weighted by Gasteiger charge is -2.36. The van der Waals surface area contributed by atoms with Crippen LogP contribution in [-0.2, 0) is 14.3 Å². The number of ether oxygens (including phenoxy) is 1. The highest BCUT2D eigenvalue weighted by atomic mass is 35.5. The molecule has 0 spiro atoms. The Bertz CT molecular complexity index is 496. The Balaban J connectivity index is 0.00000196. The van der Waals surface area contributed by atoms with Gasteiger partial charge in [-0.2, -0.15) is 0 Å². The van der Waals surface area contributed by atoms with Crippen molar-refractivity contribution < 1.29 is 14.3 Å². The van der Waals surface area contributed by atoms with E-state index in [1.165, 1.54) is 0 Å². The lowest BCUT2D eigenvalue weighted by atomic mass is 9.92. The van der Waals surface area contributed by atoms with E-state index in [4.69, 9.17) is 10.5 Å². The summed E-state index contributed by atoms with van der Waals surface area (Å²) in [6, 6.07) is 0. The number of amides is 2. The molecular formula is C19H36Cl2N4O3. The van der Waals surface area contributed by atoms with Gasteiger partial charge in [-0.05, 0) is 38.1 Å². The largest absolute Gasteiger partial charge is 0.364 e. The Morgan fingerprint density at radius 2 is 1.57 bits per heavy atom. The molecule has 0 saturated carbocycles. The van der Waals surface area contributed by atoms with Gasteiger partial charge in [0.1, 0.15) is 6.10 Å². The van der Waals surface area contributed by atoms with Gasteiger partial charge in [-0.1, -0.05) is 6.92 Å². The van der Waals surface area contributed by atoms with Crippen LogP contribution in [0.1, 0.15) is 39.0 Å². The zero-order chi connectivity index (χ0) is 18.5. The van der Waals surface area contributed by atoms with E-state index in [-0.39, 0.29) is 48.8 Å². The summed E-state index contributed by atoms with van der Waals surface area (Å²) in [7, 11) is 0. The van der Waals surface area contributed by atoms with E-state index in [9.17, 15) is 9.59 Å². The molecule has 9 heteroatoms. The third-order valence-corrected chi connectivity index (χ3v) is 6.21. The summed E-state index contributed by atoms with van der Waals surface area (Å²) in [5, 5.41) is 0. The zero-order valence-corrected chi connectivity index (χ0v) is 18.5. The molecule has 3 heterocycles. The molecule has 0 unspecified atom stereocenters. The standard InChI is InChI=1S/C19H34N4O3.2ClH/c1-2-21-9-11-22(12-10-21)18(24)13-15-5-7-23(8-6-15)19(25)17-4-3-16(14-20)26-17;;/h15-17H,2-14,20H2,1H3;2*1H/t16-,17+;;/m1../s1. The molecule has 3 aliphatic rings. The van der Waals surface area contributed by atoms with Gasteiger partial charge in [0.2, 0.25) is 5.91 Å². The van der Waals surface area contributed by atoms with Crippen molar-refractivity contribution in [2.75, 3.05) is 52.4 Å². The number of nitrogens with two attached hydrogens (primary N) is 1. The predicted octanol–water partition coefficient (Wildman–Crippen LogP) is 1.13. The monoisotopic (exact) mass is 438 g/mol. The fourth-order valence-electron chi connectivity index (χ4n) is 4.31. The number of carbonyl (C=O) groups is 2. The van der Waals surface area contributed by atoms with Crippen LogP contribution in [0.15, 0.2) is 0 Å². The molecule has 7 nitrogen and oxygen atoms in total. The maximum absolute atomic E-state index is 12.6. The van der Waals surface area contributed by atoms with Gasteiger partial charge < -0.3 is 25.2 Å². The van der Waals surface area contributed by atoms with E-state index >= 15 is 0 Å². The predicted molar refractivity (Wildman–Crippen MR) is 114 cm³/mol. The first-order valence-corrected chi connectivity index (χ1v) is 10.2. The zero-order valence-electron chi connectivity index (χ0n) is 16.9. The molecule has 2 atom stereocenters. The molecule has 0 aromatic heterocycles. The molecule has 0 aliphatic carbocycles. The van der Waals surface area contributed by atoms with Crippen LogP contribution < -0.4 is 5.73 Å². The molecule has 3 fully saturated rings. The number of rotatable bonds is 5. The van der Waals surface area contributed by atoms with Gasteiger partial charge in [-0.25, -0.2) is 0 Å². The summed E-state index contributed by atoms with van der Waals surface area (Å²) in [5.74, 6) is 0.800. The molecule has 2 N–H and O–H groups in total. The van der Waals surface area contributed by atoms with Crippen LogP contribution in [0, 0.1) is 5.92 Å². The number of hydrogen-bond acceptors (Lipinski definition) is 5. The maximum Gasteiger partial charge on any atom is 0.251 e. The summed E-state index contributed by atoms with van der Waals surface area (Å²) in [4.78, 5) is 31.4. The van der Waals surface area contributed by atoms with Gasteiger partial charge in [0, 0.05) is 52.2 Å². The Morgan fingerprint density at radius 3 is 2.11 bits per heavy atom. The van der Waals surface area contributed by atoms with Gasteiger partial charge in [0.25, 0.3) is 5.91 Å². The lowest BCUT2D eigenvalue weighted by Crippen LogP contribution is -2.49. The molecule has 0 radical (unpaired) electrons. The lowest BCUT2D eigenvalue weighted by molar-refractivity contribution is -0.144. The van der Waals surface area contributed by atoms with E-state index < -0.39 is 0 Å². The summed E-state index contributed by atoms with van der Waals surface area (Å²) < 4.78 is 5.73. The Labute approximate surface area is 181 Å². The van der Waals surface area contributed by atoms with Crippen LogP contribution in [0.25, 0.3) is 0 Å². The van der Waals surface area contributed by atoms with E-state index in [1.807, 2.05) is 9.80 Å². The number of hydrogen-bond donors (Lipinski definition) is 1. The SMILES string of the molecule is CCN1CCN(C(=O)CC2CCN(C(=O)[C@@H]3CC[C@H](CN)O3)CC2)CC1.Cl.Cl. The van der Waals surface area contributed by atoms with Crippen molar-refractivity contribution >= 4 is 36.6 Å². The number of halogens is 2. The second-order valence-electron chi connectivity index (χ2n) is 7.85. The molecule has 3 aliphatic heterocycles. The first-order chi connectivity index (χ1) is 12.6. The molecule has 164 valence electrons. The van der Waals surface area contributed by atoms with Crippen molar-refractivity contribution in [1.29, 1.82) is 0 Å². The summed E-state index contributed by atoms with van der Waals surface area (Å²) in [6.45, 7) is 8.88. The van der Waals surface area contributed by atoms with E-state index in [0.29, 0.717) is 18.9 Å². The molecule has 3 saturated heterocycles. The second-order valence-corrected chi connectivity index (χ2v) is 7.85. The Hall–Kier alpha value is -0.600. The summed E-state index contributed by atoms with van der Waals surface area (Å²) in [5.41, 5.74) is 5.63. The highest BCUT2D eigenvalue weighted by molar-refractivity contribution is 5.85. The number of likely N-dealkylation sites (tertiary alicyclic amines) is 1. The smallest absolute Gasteiger partial charge is 0.251 e. The van der Waals surface area contributed by atoms with Crippen LogP contribution in [0.5, 0.6) is 0 Å². The minimum absolute atomic E-state index is 0. The Morgan fingerprint density at radius 1 is 0.929 bits per heavy atom. The average Bonchev–Trinajstić information content (AvgIpc) is 3.17. The van der Waals surface area contributed by atoms with Crippen molar-refractivity contribution in [2.24, 2.45) is 11.7 Å². The molecule has 0 bridgehead atoms. The summed E-state index contributed by atoms with van der Waals surface area (Å²) >= 11 is 0. The van der Waals surface area contributed by atoms with Crippen molar-refractivity contribution in [1.82, 2.24) is 14.7 Å². The van der Waals surface area contributed by atoms with Crippen LogP contribution in [0.3, 0.4) is 0 Å². The normalized spacial score (nSPS) is 26.5. The van der Waals surface area contributed by atoms with Crippen molar-refractivity contribution in [3.05, 3.63) is 0 Å². The van der Waals surface area contributed by atoms with Crippen molar-refractivity contribution in [3.63, 3.8) is 0 Å². The first-order valence-electron chi connectivity index (χ1n) is 10.2. The fourth-order valence-corrected chi connectivity index (χ4v) is 4.31. The Kier molecular flexibility index (Phi) is 11.1. The van der Waals surface area contributed by atoms with Crippen LogP contribution in [0.2, 0.25) is 0 Å². The molecule has 28 heavy (non-hydrogen) atoms. The van der Waals surface area contributed by atoms with Gasteiger partial charge in [-0.3, -0.25) is 9.59 Å². The van der Waals surface area contributed by atoms with Crippen molar-refractivity contribution in [3.8, 4) is 0 Å². The minimum Gasteiger partial charge on any atom is -0.364 e. The van der Waals surface area contributed by atoms with E-state index in [1.54, 1.807) is 0 Å². The molecule has 0 aromatic rings. The van der Waals surface area contributed by atoms with Crippen molar-refractivity contribution in [2.45, 2.75) is 51.2 Å². The number of carbonyl (C=O) groups excluding carboxylic acids is 2. The fraction of sp³-hybridized carbons (Fsp3) is 0.895. The number of nitrogens with zero attached hydrogens (tertiary/aromatic N) is 3. The highest BCUT2D eigenvalue weighted by Gasteiger charge is 2.35. The van der Waals surface area contributed by atoms with E-state index in [2.05, 4.69) is 11.8 Å². The van der Waals surface area contributed by atoms with Gasteiger partial charge >= 0.3 is 0 Å². The molecule has 0 aromatic carbocycles. The van der Waals surface area contributed by atoms with Crippen LogP contribution in [-0.4, -0.2) is 91.1 Å². The third kappa shape index (κ3) is 6.46. The maximum atomic E-state index is 12.6. The van der Waals surface area contributed by atoms with Crippen LogP contribution in [0.4, 0.5) is 0 Å². The van der Waals surface area contributed by atoms with Crippen LogP contribution >= 0.6 is 24.8 Å². The molecule has 2 amide bonds. The minimum atomic E-state index is -0.309. The van der Waals surface area contributed by atoms with Gasteiger partial charge in [-0.15, -0.1) is 24.8 Å². The molecule has 3 rings (SSSR count). The third-order valence-electron chi connectivity index (χ3n) is 6.21. The van der Waals surface area contributed by atoms with Gasteiger partial charge in [0.15, 0.2) is 0 Å². The van der Waals surface area contributed by atoms with E-state index in [0.717, 1.165) is 71.5 Å². The second kappa shape index (κ2) is 12.2. The number of likely N-dealkylation sites (N-methyl/N-ethyl adjacent to an activating group) is 1. The topological polar surface area (TPSA) is 79.1 Å². The average molecular weight is 439 g/mol. The quantitative estimate of drug-likeness (QED) is 0.695. The molecular weight excluding hydrogens is 403 g/mol. The number of piperazine rings is 1.